The van der Waals surface area contributed by atoms with Crippen LogP contribution in [0.15, 0.2) is 65.7 Å². The van der Waals surface area contributed by atoms with Crippen molar-refractivity contribution in [3.05, 3.63) is 71.8 Å². The number of carbonyl (C=O) groups excluding carboxylic acids is 13. The molecule has 2 fully saturated rings. The number of guanidine groups is 1. The van der Waals surface area contributed by atoms with Crippen molar-refractivity contribution in [3.63, 3.8) is 0 Å². The van der Waals surface area contributed by atoms with Crippen molar-refractivity contribution in [1.29, 1.82) is 0 Å². The van der Waals surface area contributed by atoms with E-state index in [1.54, 1.807) is 60.7 Å². The van der Waals surface area contributed by atoms with Gasteiger partial charge in [-0.2, -0.15) is 11.8 Å². The molecular formula is C63H98N18O13S. The molecule has 0 saturated carbocycles. The molecular weight excluding hydrogens is 1250 g/mol. The number of thioether (sulfide) groups is 1. The Morgan fingerprint density at radius 2 is 1.01 bits per heavy atom. The fourth-order valence-electron chi connectivity index (χ4n) is 11.0. The number of unbranched alkanes of at least 4 members (excludes halogenated alkanes) is 1. The molecule has 95 heavy (non-hydrogen) atoms. The highest BCUT2D eigenvalue weighted by atomic mass is 32.2. The number of nitrogens with one attached hydrogen (secondary N) is 8. The van der Waals surface area contributed by atoms with Gasteiger partial charge in [-0.25, -0.2) is 0 Å². The predicted octanol–water partition coefficient (Wildman–Crippen LogP) is -3.71. The second-order valence-electron chi connectivity index (χ2n) is 24.1. The Morgan fingerprint density at radius 3 is 1.51 bits per heavy atom. The zero-order valence-electron chi connectivity index (χ0n) is 54.5. The predicted molar refractivity (Wildman–Crippen MR) is 356 cm³/mol. The van der Waals surface area contributed by atoms with Gasteiger partial charge in [-0.05, 0) is 119 Å². The van der Waals surface area contributed by atoms with E-state index in [1.165, 1.54) is 21.6 Å². The molecule has 4 rings (SSSR count). The van der Waals surface area contributed by atoms with Crippen LogP contribution in [-0.4, -0.2) is 198 Å². The molecule has 524 valence electrons. The van der Waals surface area contributed by atoms with Crippen molar-refractivity contribution < 1.29 is 62.3 Å². The van der Waals surface area contributed by atoms with Gasteiger partial charge in [-0.15, -0.1) is 0 Å². The molecule has 2 saturated heterocycles. The Balaban J connectivity index is 1.56. The molecule has 32 heteroatoms. The second kappa shape index (κ2) is 41.0. The standard InChI is InChI=1S/C63H98N18O13S/c1-37(2)33-45(57(89)74-41(53(68)85)27-32-95-3)73-52(84)36-72-54(86)46(34-38-15-6-4-7-16-38)78-58(90)47(35-39-17-8-5-9-18-39)79-56(88)42(23-25-50(66)82)75-55(87)43(24-26-51(67)83)76-59(91)49-22-14-31-81(49)62(94)44(20-10-11-28-64)77-60(92)48-21-13-30-80(48)61(93)40(65)19-12-29-71-63(69)70/h4-9,15-18,37,40-49H,10-14,19-36,64-65H2,1-3H3,(H2,66,82)(H2,67,83)(H2,68,85)(H,72,86)(H,73,84)(H,74,89)(H,75,87)(H,76,91)(H,77,92)(H,78,90)(H,79,88)(H4,69,70,71)/t40-,41-,42-,43+,44+,45+,46+,47+,48+,49+/m0/s1. The first kappa shape index (κ1) is 78.5. The van der Waals surface area contributed by atoms with Crippen LogP contribution in [0.25, 0.3) is 0 Å². The summed E-state index contributed by atoms with van der Waals surface area (Å²) in [6.45, 7) is 3.86. The number of amides is 13. The summed E-state index contributed by atoms with van der Waals surface area (Å²) in [6.07, 6.45) is 3.12. The van der Waals surface area contributed by atoms with Crippen LogP contribution in [0.3, 0.4) is 0 Å². The van der Waals surface area contributed by atoms with Gasteiger partial charge in [0.25, 0.3) is 0 Å². The monoisotopic (exact) mass is 1350 g/mol. The summed E-state index contributed by atoms with van der Waals surface area (Å²) < 4.78 is 0. The third-order valence-corrected chi connectivity index (χ3v) is 16.7. The van der Waals surface area contributed by atoms with E-state index in [-0.39, 0.29) is 83.0 Å². The lowest BCUT2D eigenvalue weighted by atomic mass is 10.0. The topological polar surface area (TPSA) is 519 Å². The van der Waals surface area contributed by atoms with Crippen LogP contribution in [0, 0.1) is 5.92 Å². The highest BCUT2D eigenvalue weighted by molar-refractivity contribution is 7.98. The van der Waals surface area contributed by atoms with E-state index in [2.05, 4.69) is 47.5 Å². The van der Waals surface area contributed by atoms with E-state index >= 15 is 0 Å². The van der Waals surface area contributed by atoms with Gasteiger partial charge in [0.2, 0.25) is 76.8 Å². The average molecular weight is 1350 g/mol. The highest BCUT2D eigenvalue weighted by Crippen LogP contribution is 2.24. The third-order valence-electron chi connectivity index (χ3n) is 16.0. The molecule has 0 radical (unpaired) electrons. The minimum Gasteiger partial charge on any atom is -0.370 e. The summed E-state index contributed by atoms with van der Waals surface area (Å²) in [4.78, 5) is 185. The Bertz CT molecular complexity index is 2960. The zero-order valence-corrected chi connectivity index (χ0v) is 55.3. The van der Waals surface area contributed by atoms with Crippen LogP contribution >= 0.6 is 11.8 Å². The molecule has 0 unspecified atom stereocenters. The zero-order chi connectivity index (χ0) is 70.1. The summed E-state index contributed by atoms with van der Waals surface area (Å²) >= 11 is 1.45. The Kier molecular flexibility index (Phi) is 33.9. The average Bonchev–Trinajstić information content (AvgIpc) is 1.74. The minimum absolute atomic E-state index is 0.0736. The number of aliphatic imine (C=N–C) groups is 1. The van der Waals surface area contributed by atoms with Gasteiger partial charge in [-0.3, -0.25) is 67.3 Å². The number of benzene rings is 2. The Labute approximate surface area is 558 Å². The van der Waals surface area contributed by atoms with Gasteiger partial charge in [0.15, 0.2) is 5.96 Å². The maximum Gasteiger partial charge on any atom is 0.245 e. The molecule has 22 N–H and O–H groups in total. The molecule has 2 aliphatic heterocycles. The van der Waals surface area contributed by atoms with Crippen LogP contribution < -0.4 is 82.7 Å². The maximum atomic E-state index is 14.7. The number of likely N-dealkylation sites (tertiary alicyclic amines) is 2. The lowest BCUT2D eigenvalue weighted by Crippen LogP contribution is -2.60. The van der Waals surface area contributed by atoms with Crippen molar-refractivity contribution >= 4 is 94.5 Å². The van der Waals surface area contributed by atoms with Crippen LogP contribution in [0.2, 0.25) is 0 Å². The summed E-state index contributed by atoms with van der Waals surface area (Å²) in [5.74, 6) is -9.80. The lowest BCUT2D eigenvalue weighted by Gasteiger charge is -2.32. The molecule has 10 atom stereocenters. The fourth-order valence-corrected chi connectivity index (χ4v) is 11.5. The van der Waals surface area contributed by atoms with E-state index in [9.17, 15) is 62.3 Å². The summed E-state index contributed by atoms with van der Waals surface area (Å²) in [7, 11) is 0. The Hall–Kier alpha value is -8.91. The fraction of sp³-hybridized carbons (Fsp3) is 0.587. The van der Waals surface area contributed by atoms with Crippen molar-refractivity contribution in [2.24, 2.45) is 51.0 Å². The molecule has 13 amide bonds. The van der Waals surface area contributed by atoms with Crippen molar-refractivity contribution in [2.45, 2.75) is 183 Å². The smallest absolute Gasteiger partial charge is 0.245 e. The van der Waals surface area contributed by atoms with Crippen LogP contribution in [0.1, 0.15) is 121 Å². The van der Waals surface area contributed by atoms with E-state index in [1.807, 2.05) is 20.1 Å². The quantitative estimate of drug-likeness (QED) is 0.0173. The number of primary amides is 3. The van der Waals surface area contributed by atoms with Crippen molar-refractivity contribution in [3.8, 4) is 0 Å². The number of carbonyl (C=O) groups is 13. The molecule has 0 aliphatic carbocycles. The number of hydrogen-bond donors (Lipinski definition) is 15. The first-order valence-corrected chi connectivity index (χ1v) is 33.6. The normalized spacial score (nSPS) is 16.8. The number of rotatable bonds is 42. The van der Waals surface area contributed by atoms with Gasteiger partial charge in [-0.1, -0.05) is 74.5 Å². The molecule has 2 heterocycles. The molecule has 0 spiro atoms. The van der Waals surface area contributed by atoms with Gasteiger partial charge in [0.05, 0.1) is 12.6 Å². The molecule has 2 aromatic carbocycles. The first-order chi connectivity index (χ1) is 45.2. The molecule has 2 aromatic rings. The van der Waals surface area contributed by atoms with Crippen molar-refractivity contribution in [1.82, 2.24) is 52.3 Å². The van der Waals surface area contributed by atoms with Gasteiger partial charge < -0.3 is 92.5 Å². The number of hydrogen-bond acceptors (Lipinski definition) is 17. The Morgan fingerprint density at radius 1 is 0.537 bits per heavy atom. The van der Waals surface area contributed by atoms with Crippen LogP contribution in [-0.2, 0) is 75.2 Å². The third kappa shape index (κ3) is 27.5. The largest absolute Gasteiger partial charge is 0.370 e. The van der Waals surface area contributed by atoms with Gasteiger partial charge in [0.1, 0.15) is 54.4 Å². The number of nitrogens with two attached hydrogens (primary N) is 7. The summed E-state index contributed by atoms with van der Waals surface area (Å²) in [6, 6.07) is 4.51. The summed E-state index contributed by atoms with van der Waals surface area (Å²) in [5.41, 5.74) is 40.6. The first-order valence-electron chi connectivity index (χ1n) is 32.2. The van der Waals surface area contributed by atoms with Crippen LogP contribution in [0.4, 0.5) is 0 Å². The van der Waals surface area contributed by atoms with Crippen molar-refractivity contribution in [2.75, 3.05) is 44.7 Å². The van der Waals surface area contributed by atoms with E-state index in [0.29, 0.717) is 55.4 Å². The lowest BCUT2D eigenvalue weighted by molar-refractivity contribution is -0.144. The van der Waals surface area contributed by atoms with E-state index < -0.39 is 169 Å². The second-order valence-corrected chi connectivity index (χ2v) is 25.1. The molecule has 0 bridgehead atoms. The number of nitrogens with zero attached hydrogens (tertiary/aromatic N) is 3. The minimum atomic E-state index is -1.64. The van der Waals surface area contributed by atoms with Gasteiger partial charge in [0, 0.05) is 45.3 Å². The summed E-state index contributed by atoms with van der Waals surface area (Å²) in [5, 5.41) is 21.1. The highest BCUT2D eigenvalue weighted by Gasteiger charge is 2.42. The van der Waals surface area contributed by atoms with E-state index in [0.717, 1.165) is 0 Å². The molecule has 2 aliphatic rings. The van der Waals surface area contributed by atoms with Crippen LogP contribution in [0.5, 0.6) is 0 Å². The maximum absolute atomic E-state index is 14.7. The molecule has 0 aromatic heterocycles. The van der Waals surface area contributed by atoms with E-state index in [4.69, 9.17) is 40.1 Å². The molecule has 31 nitrogen and oxygen atoms in total. The SMILES string of the molecule is CSCC[C@H](NC(=O)[C@@H](CC(C)C)NC(=O)CNC(=O)[C@@H](Cc1ccccc1)NC(=O)[C@@H](Cc1ccccc1)NC(=O)[C@H](CCC(N)=O)NC(=O)[C@@H](CCC(N)=O)NC(=O)[C@H]1CCCN1C(=O)[C@@H](CCCCN)NC(=O)[C@H]1CCCN1C(=O)[C@@H](N)CCCN=C(N)N)C(N)=O. The van der Waals surface area contributed by atoms with Gasteiger partial charge >= 0.3 is 0 Å².